The highest BCUT2D eigenvalue weighted by Gasteiger charge is 2.39. The van der Waals surface area contributed by atoms with Crippen molar-refractivity contribution in [2.45, 2.75) is 36.2 Å². The van der Waals surface area contributed by atoms with Crippen LogP contribution in [-0.4, -0.2) is 43.9 Å². The molecule has 6 nitrogen and oxygen atoms in total. The van der Waals surface area contributed by atoms with Crippen LogP contribution in [0.2, 0.25) is 0 Å². The minimum atomic E-state index is -3.25. The molecule has 2 N–H and O–H groups in total. The zero-order chi connectivity index (χ0) is 15.7. The molecular formula is C14H19NO5S. The first kappa shape index (κ1) is 15.8. The third-order valence-electron chi connectivity index (χ3n) is 3.35. The lowest BCUT2D eigenvalue weighted by molar-refractivity contribution is -0.145. The fraction of sp³-hybridized carbons (Fsp3) is 0.500. The molecule has 21 heavy (non-hydrogen) atoms. The summed E-state index contributed by atoms with van der Waals surface area (Å²) in [5, 5.41) is 12.4. The lowest BCUT2D eigenvalue weighted by atomic mass is 10.0. The molecule has 0 heterocycles. The molecular weight excluding hydrogens is 294 g/mol. The first-order chi connectivity index (χ1) is 9.71. The molecule has 1 aromatic carbocycles. The van der Waals surface area contributed by atoms with Gasteiger partial charge < -0.3 is 9.84 Å². The average Bonchev–Trinajstić information content (AvgIpc) is 3.19. The second-order valence-electron chi connectivity index (χ2n) is 5.59. The van der Waals surface area contributed by atoms with Gasteiger partial charge in [-0.3, -0.25) is 10.1 Å². The van der Waals surface area contributed by atoms with Gasteiger partial charge in [0.05, 0.1) is 4.90 Å². The van der Waals surface area contributed by atoms with E-state index in [-0.39, 0.29) is 17.5 Å². The van der Waals surface area contributed by atoms with Gasteiger partial charge in [-0.05, 0) is 44.0 Å². The van der Waals surface area contributed by atoms with Crippen molar-refractivity contribution in [3.05, 3.63) is 24.3 Å². The van der Waals surface area contributed by atoms with Gasteiger partial charge in [0.1, 0.15) is 17.9 Å². The molecule has 1 aliphatic carbocycles. The van der Waals surface area contributed by atoms with Crippen LogP contribution in [0.5, 0.6) is 5.75 Å². The van der Waals surface area contributed by atoms with Gasteiger partial charge in [0.25, 0.3) is 0 Å². The molecule has 1 atom stereocenters. The van der Waals surface area contributed by atoms with Crippen LogP contribution in [0.4, 0.5) is 0 Å². The molecule has 1 fully saturated rings. The number of carbonyl (C=O) groups is 1. The van der Waals surface area contributed by atoms with E-state index >= 15 is 0 Å². The van der Waals surface area contributed by atoms with Crippen LogP contribution in [0.3, 0.4) is 0 Å². The predicted octanol–water partition coefficient (Wildman–Crippen LogP) is 1.06. The lowest BCUT2D eigenvalue weighted by Gasteiger charge is -2.26. The number of carboxylic acid groups (broad SMARTS) is 1. The summed E-state index contributed by atoms with van der Waals surface area (Å²) in [6, 6.07) is 6.17. The number of sulfone groups is 1. The van der Waals surface area contributed by atoms with Gasteiger partial charge in [-0.1, -0.05) is 0 Å². The molecule has 1 aliphatic rings. The molecule has 2 rings (SSSR count). The van der Waals surface area contributed by atoms with Crippen molar-refractivity contribution in [1.29, 1.82) is 0 Å². The third-order valence-corrected chi connectivity index (χ3v) is 4.48. The maximum atomic E-state index is 11.4. The number of carboxylic acids is 1. The second kappa shape index (κ2) is 5.65. The number of nitrogens with one attached hydrogen (secondary N) is 1. The number of ether oxygens (including phenoxy) is 1. The number of benzene rings is 1. The summed E-state index contributed by atoms with van der Waals surface area (Å²) in [7, 11) is -3.25. The Hall–Kier alpha value is -1.60. The van der Waals surface area contributed by atoms with E-state index < -0.39 is 21.3 Å². The minimum Gasteiger partial charge on any atom is -0.491 e. The van der Waals surface area contributed by atoms with E-state index in [9.17, 15) is 18.3 Å². The monoisotopic (exact) mass is 313 g/mol. The molecule has 1 saturated carbocycles. The van der Waals surface area contributed by atoms with E-state index in [0.717, 1.165) is 19.1 Å². The summed E-state index contributed by atoms with van der Waals surface area (Å²) in [6.45, 7) is 1.55. The maximum Gasteiger partial charge on any atom is 0.327 e. The minimum absolute atomic E-state index is 0.0307. The molecule has 0 aliphatic heterocycles. The Morgan fingerprint density at radius 1 is 1.38 bits per heavy atom. The molecule has 1 aromatic rings. The summed E-state index contributed by atoms with van der Waals surface area (Å²) in [6.07, 6.45) is 3.09. The molecule has 0 amide bonds. The summed E-state index contributed by atoms with van der Waals surface area (Å²) in [4.78, 5) is 11.6. The van der Waals surface area contributed by atoms with E-state index in [2.05, 4.69) is 5.32 Å². The molecule has 0 spiro atoms. The lowest BCUT2D eigenvalue weighted by Crippen LogP contribution is -2.54. The maximum absolute atomic E-state index is 11.4. The van der Waals surface area contributed by atoms with Crippen LogP contribution >= 0.6 is 0 Å². The van der Waals surface area contributed by atoms with Gasteiger partial charge in [0.2, 0.25) is 0 Å². The largest absolute Gasteiger partial charge is 0.491 e. The van der Waals surface area contributed by atoms with Gasteiger partial charge >= 0.3 is 5.97 Å². The zero-order valence-electron chi connectivity index (χ0n) is 12.0. The number of hydrogen-bond donors (Lipinski definition) is 2. The smallest absolute Gasteiger partial charge is 0.327 e. The van der Waals surface area contributed by atoms with Crippen molar-refractivity contribution in [2.24, 2.45) is 0 Å². The summed E-state index contributed by atoms with van der Waals surface area (Å²) in [5.41, 5.74) is -1.16. The topological polar surface area (TPSA) is 92.7 Å². The van der Waals surface area contributed by atoms with Gasteiger partial charge in [-0.25, -0.2) is 8.42 Å². The highest BCUT2D eigenvalue weighted by atomic mass is 32.2. The zero-order valence-corrected chi connectivity index (χ0v) is 12.8. The third kappa shape index (κ3) is 4.18. The van der Waals surface area contributed by atoms with E-state index in [1.807, 2.05) is 0 Å². The molecule has 0 aromatic heterocycles. The van der Waals surface area contributed by atoms with Crippen molar-refractivity contribution >= 4 is 15.8 Å². The first-order valence-electron chi connectivity index (χ1n) is 6.65. The number of aliphatic carboxylic acids is 1. The molecule has 116 valence electrons. The van der Waals surface area contributed by atoms with Crippen molar-refractivity contribution < 1.29 is 23.1 Å². The highest BCUT2D eigenvalue weighted by molar-refractivity contribution is 7.90. The van der Waals surface area contributed by atoms with Crippen molar-refractivity contribution in [3.63, 3.8) is 0 Å². The first-order valence-corrected chi connectivity index (χ1v) is 8.54. The van der Waals surface area contributed by atoms with E-state index in [1.165, 1.54) is 24.3 Å². The van der Waals surface area contributed by atoms with Crippen LogP contribution in [0, 0.1) is 0 Å². The van der Waals surface area contributed by atoms with Crippen LogP contribution in [0.1, 0.15) is 19.8 Å². The average molecular weight is 313 g/mol. The molecule has 1 unspecified atom stereocenters. The quantitative estimate of drug-likeness (QED) is 0.782. The van der Waals surface area contributed by atoms with Crippen LogP contribution < -0.4 is 10.1 Å². The molecule has 0 saturated heterocycles. The predicted molar refractivity (Wildman–Crippen MR) is 77.2 cm³/mol. The van der Waals surface area contributed by atoms with Gasteiger partial charge in [0, 0.05) is 12.3 Å². The Balaban J connectivity index is 2.02. The Bertz CT molecular complexity index is 621. The van der Waals surface area contributed by atoms with Crippen molar-refractivity contribution in [1.82, 2.24) is 5.32 Å². The fourth-order valence-electron chi connectivity index (χ4n) is 1.85. The Labute approximate surface area is 124 Å². The Morgan fingerprint density at radius 3 is 2.38 bits per heavy atom. The normalized spacial score (nSPS) is 18.0. The van der Waals surface area contributed by atoms with Gasteiger partial charge in [-0.2, -0.15) is 0 Å². The van der Waals surface area contributed by atoms with Gasteiger partial charge in [0.15, 0.2) is 9.84 Å². The molecule has 0 bridgehead atoms. The van der Waals surface area contributed by atoms with Crippen molar-refractivity contribution in [3.8, 4) is 5.75 Å². The second-order valence-corrected chi connectivity index (χ2v) is 7.60. The standard InChI is InChI=1S/C14H19NO5S/c1-14(13(16)17,15-10-3-4-10)9-20-11-5-7-12(8-6-11)21(2,18)19/h5-8,10,15H,3-4,9H2,1-2H3,(H,16,17). The van der Waals surface area contributed by atoms with E-state index in [0.29, 0.717) is 5.75 Å². The number of rotatable bonds is 7. The molecule has 7 heteroatoms. The molecule has 0 radical (unpaired) electrons. The van der Waals surface area contributed by atoms with Gasteiger partial charge in [-0.15, -0.1) is 0 Å². The summed E-state index contributed by atoms with van der Waals surface area (Å²) >= 11 is 0. The van der Waals surface area contributed by atoms with Crippen LogP contribution in [-0.2, 0) is 14.6 Å². The number of hydrogen-bond acceptors (Lipinski definition) is 5. The summed E-state index contributed by atoms with van der Waals surface area (Å²) < 4.78 is 28.2. The highest BCUT2D eigenvalue weighted by Crippen LogP contribution is 2.24. The Kier molecular flexibility index (Phi) is 4.25. The van der Waals surface area contributed by atoms with E-state index in [4.69, 9.17) is 4.74 Å². The fourth-order valence-corrected chi connectivity index (χ4v) is 2.48. The SMILES string of the molecule is CC(COc1ccc(S(C)(=O)=O)cc1)(NC1CC1)C(=O)O. The Morgan fingerprint density at radius 2 is 1.95 bits per heavy atom. The van der Waals surface area contributed by atoms with Crippen LogP contribution in [0.15, 0.2) is 29.2 Å². The van der Waals surface area contributed by atoms with Crippen LogP contribution in [0.25, 0.3) is 0 Å². The van der Waals surface area contributed by atoms with E-state index in [1.54, 1.807) is 6.92 Å². The van der Waals surface area contributed by atoms with Crippen molar-refractivity contribution in [2.75, 3.05) is 12.9 Å². The summed E-state index contributed by atoms with van der Waals surface area (Å²) in [5.74, 6) is -0.533.